The third-order valence-electron chi connectivity index (χ3n) is 4.52. The molecule has 0 unspecified atom stereocenters. The molecule has 1 N–H and O–H groups in total. The van der Waals surface area contributed by atoms with Gasteiger partial charge in [0.2, 0.25) is 0 Å². The van der Waals surface area contributed by atoms with Crippen LogP contribution in [0.3, 0.4) is 0 Å². The quantitative estimate of drug-likeness (QED) is 0.857. The monoisotopic (exact) mass is 360 g/mol. The Bertz CT molecular complexity index is 707. The SMILES string of the molecule is O=C(NCc1ccc(CN2CCCCC2)cc1)c1c(F)cccc1Cl. The predicted molar refractivity (Wildman–Crippen MR) is 98.2 cm³/mol. The molecule has 0 radical (unpaired) electrons. The average molecular weight is 361 g/mol. The first-order valence-corrected chi connectivity index (χ1v) is 9.03. The van der Waals surface area contributed by atoms with Crippen LogP contribution in [0.5, 0.6) is 0 Å². The Kier molecular flexibility index (Phi) is 6.05. The van der Waals surface area contributed by atoms with E-state index in [9.17, 15) is 9.18 Å². The third-order valence-corrected chi connectivity index (χ3v) is 4.84. The summed E-state index contributed by atoms with van der Waals surface area (Å²) in [6.07, 6.45) is 3.90. The molecule has 25 heavy (non-hydrogen) atoms. The normalized spacial score (nSPS) is 15.1. The Morgan fingerprint density at radius 2 is 1.72 bits per heavy atom. The van der Waals surface area contributed by atoms with Gasteiger partial charge in [-0.3, -0.25) is 9.69 Å². The van der Waals surface area contributed by atoms with E-state index in [4.69, 9.17) is 11.6 Å². The van der Waals surface area contributed by atoms with Crippen molar-refractivity contribution in [1.29, 1.82) is 0 Å². The highest BCUT2D eigenvalue weighted by Crippen LogP contribution is 2.19. The first-order valence-electron chi connectivity index (χ1n) is 8.66. The van der Waals surface area contributed by atoms with E-state index in [1.165, 1.54) is 56.1 Å². The molecule has 1 aliphatic heterocycles. The van der Waals surface area contributed by atoms with Crippen LogP contribution in [0, 0.1) is 5.82 Å². The molecule has 1 saturated heterocycles. The van der Waals surface area contributed by atoms with Crippen molar-refractivity contribution in [3.63, 3.8) is 0 Å². The number of carbonyl (C=O) groups is 1. The van der Waals surface area contributed by atoms with Crippen LogP contribution in [0.1, 0.15) is 40.7 Å². The van der Waals surface area contributed by atoms with Crippen LogP contribution < -0.4 is 5.32 Å². The summed E-state index contributed by atoms with van der Waals surface area (Å²) in [6.45, 7) is 3.65. The largest absolute Gasteiger partial charge is 0.348 e. The lowest BCUT2D eigenvalue weighted by Crippen LogP contribution is -2.29. The summed E-state index contributed by atoms with van der Waals surface area (Å²) in [7, 11) is 0. The molecule has 5 heteroatoms. The second kappa shape index (κ2) is 8.45. The summed E-state index contributed by atoms with van der Waals surface area (Å²) in [5.41, 5.74) is 2.14. The Morgan fingerprint density at radius 1 is 1.04 bits per heavy atom. The van der Waals surface area contributed by atoms with Crippen molar-refractivity contribution < 1.29 is 9.18 Å². The van der Waals surface area contributed by atoms with Crippen molar-refractivity contribution >= 4 is 17.5 Å². The first kappa shape index (κ1) is 17.9. The number of likely N-dealkylation sites (tertiary alicyclic amines) is 1. The molecule has 0 atom stereocenters. The second-order valence-corrected chi connectivity index (χ2v) is 6.84. The van der Waals surface area contributed by atoms with Gasteiger partial charge in [-0.25, -0.2) is 4.39 Å². The van der Waals surface area contributed by atoms with Gasteiger partial charge in [-0.15, -0.1) is 0 Å². The fourth-order valence-electron chi connectivity index (χ4n) is 3.12. The molecule has 2 aromatic carbocycles. The molecule has 3 rings (SSSR count). The first-order chi connectivity index (χ1) is 12.1. The number of piperidine rings is 1. The summed E-state index contributed by atoms with van der Waals surface area (Å²) < 4.78 is 13.8. The van der Waals surface area contributed by atoms with Gasteiger partial charge in [0, 0.05) is 13.1 Å². The zero-order chi connectivity index (χ0) is 17.6. The van der Waals surface area contributed by atoms with Crippen LogP contribution in [0.4, 0.5) is 4.39 Å². The lowest BCUT2D eigenvalue weighted by molar-refractivity contribution is 0.0947. The molecule has 0 saturated carbocycles. The van der Waals surface area contributed by atoms with Gasteiger partial charge in [-0.05, 0) is 49.2 Å². The number of halogens is 2. The molecule has 132 valence electrons. The van der Waals surface area contributed by atoms with Crippen LogP contribution in [-0.2, 0) is 13.1 Å². The molecule has 0 aliphatic carbocycles. The van der Waals surface area contributed by atoms with Crippen LogP contribution in [0.25, 0.3) is 0 Å². The second-order valence-electron chi connectivity index (χ2n) is 6.43. The van der Waals surface area contributed by atoms with Gasteiger partial charge in [0.15, 0.2) is 0 Å². The minimum absolute atomic E-state index is 0.106. The predicted octanol–water partition coefficient (Wildman–Crippen LogP) is 4.40. The lowest BCUT2D eigenvalue weighted by Gasteiger charge is -2.26. The van der Waals surface area contributed by atoms with E-state index in [1.807, 2.05) is 12.1 Å². The van der Waals surface area contributed by atoms with Gasteiger partial charge in [0.25, 0.3) is 5.91 Å². The van der Waals surface area contributed by atoms with E-state index in [2.05, 4.69) is 22.3 Å². The van der Waals surface area contributed by atoms with E-state index < -0.39 is 11.7 Å². The molecule has 1 aliphatic rings. The Labute approximate surface area is 152 Å². The van der Waals surface area contributed by atoms with E-state index >= 15 is 0 Å². The highest BCUT2D eigenvalue weighted by molar-refractivity contribution is 6.33. The molecular weight excluding hydrogens is 339 g/mol. The average Bonchev–Trinajstić information content (AvgIpc) is 2.62. The van der Waals surface area contributed by atoms with Gasteiger partial charge < -0.3 is 5.32 Å². The van der Waals surface area contributed by atoms with Crippen LogP contribution in [0.2, 0.25) is 5.02 Å². The number of hydrogen-bond acceptors (Lipinski definition) is 2. The number of nitrogens with zero attached hydrogens (tertiary/aromatic N) is 1. The highest BCUT2D eigenvalue weighted by Gasteiger charge is 2.15. The van der Waals surface area contributed by atoms with Crippen LogP contribution in [-0.4, -0.2) is 23.9 Å². The minimum Gasteiger partial charge on any atom is -0.348 e. The molecule has 1 fully saturated rings. The molecule has 1 amide bonds. The maximum Gasteiger partial charge on any atom is 0.256 e. The molecular formula is C20H22ClFN2O. The number of benzene rings is 2. The smallest absolute Gasteiger partial charge is 0.256 e. The fraction of sp³-hybridized carbons (Fsp3) is 0.350. The molecule has 0 aromatic heterocycles. The summed E-state index contributed by atoms with van der Waals surface area (Å²) in [4.78, 5) is 14.6. The van der Waals surface area contributed by atoms with E-state index in [-0.39, 0.29) is 10.6 Å². The van der Waals surface area contributed by atoms with Gasteiger partial charge in [-0.2, -0.15) is 0 Å². The maximum absolute atomic E-state index is 13.8. The van der Waals surface area contributed by atoms with Crippen molar-refractivity contribution in [2.75, 3.05) is 13.1 Å². The van der Waals surface area contributed by atoms with Crippen LogP contribution >= 0.6 is 11.6 Å². The number of rotatable bonds is 5. The minimum atomic E-state index is -0.609. The lowest BCUT2D eigenvalue weighted by atomic mass is 10.1. The van der Waals surface area contributed by atoms with Crippen molar-refractivity contribution in [2.45, 2.75) is 32.4 Å². The topological polar surface area (TPSA) is 32.3 Å². The highest BCUT2D eigenvalue weighted by atomic mass is 35.5. The van der Waals surface area contributed by atoms with Gasteiger partial charge in [0.05, 0.1) is 10.6 Å². The Hall–Kier alpha value is -1.91. The molecule has 0 bridgehead atoms. The van der Waals surface area contributed by atoms with Crippen molar-refractivity contribution in [2.24, 2.45) is 0 Å². The zero-order valence-corrected chi connectivity index (χ0v) is 14.9. The number of amides is 1. The van der Waals surface area contributed by atoms with Gasteiger partial charge in [0.1, 0.15) is 5.82 Å². The van der Waals surface area contributed by atoms with Gasteiger partial charge in [-0.1, -0.05) is 48.4 Å². The number of hydrogen-bond donors (Lipinski definition) is 1. The fourth-order valence-corrected chi connectivity index (χ4v) is 3.37. The standard InChI is InChI=1S/C20H22ClFN2O/c21-17-5-4-6-18(22)19(17)20(25)23-13-15-7-9-16(10-8-15)14-24-11-2-1-3-12-24/h4-10H,1-3,11-14H2,(H,23,25). The summed E-state index contributed by atoms with van der Waals surface area (Å²) in [5, 5.41) is 2.84. The van der Waals surface area contributed by atoms with Crippen molar-refractivity contribution in [1.82, 2.24) is 10.2 Å². The summed E-state index contributed by atoms with van der Waals surface area (Å²) in [5.74, 6) is -1.11. The Morgan fingerprint density at radius 3 is 2.40 bits per heavy atom. The maximum atomic E-state index is 13.8. The van der Waals surface area contributed by atoms with E-state index in [0.717, 1.165) is 12.1 Å². The molecule has 2 aromatic rings. The van der Waals surface area contributed by atoms with Gasteiger partial charge >= 0.3 is 0 Å². The molecule has 0 spiro atoms. The third kappa shape index (κ3) is 4.80. The number of nitrogens with one attached hydrogen (secondary N) is 1. The molecule has 1 heterocycles. The van der Waals surface area contributed by atoms with E-state index in [0.29, 0.717) is 6.54 Å². The number of carbonyl (C=O) groups excluding carboxylic acids is 1. The summed E-state index contributed by atoms with van der Waals surface area (Å²) in [6, 6.07) is 12.4. The zero-order valence-electron chi connectivity index (χ0n) is 14.1. The molecule has 3 nitrogen and oxygen atoms in total. The van der Waals surface area contributed by atoms with E-state index in [1.54, 1.807) is 0 Å². The van der Waals surface area contributed by atoms with Crippen molar-refractivity contribution in [3.05, 3.63) is 70.0 Å². The van der Waals surface area contributed by atoms with Crippen molar-refractivity contribution in [3.8, 4) is 0 Å². The van der Waals surface area contributed by atoms with Crippen LogP contribution in [0.15, 0.2) is 42.5 Å². The Balaban J connectivity index is 1.55. The summed E-state index contributed by atoms with van der Waals surface area (Å²) >= 11 is 5.91.